The molecule has 1 amide bonds. The molecule has 160 valence electrons. The molecule has 0 spiro atoms. The Morgan fingerprint density at radius 1 is 1.03 bits per heavy atom. The van der Waals surface area contributed by atoms with E-state index in [4.69, 9.17) is 4.98 Å². The molecule has 0 saturated carbocycles. The van der Waals surface area contributed by atoms with E-state index in [0.29, 0.717) is 18.0 Å². The van der Waals surface area contributed by atoms with Crippen molar-refractivity contribution in [3.05, 3.63) is 88.8 Å². The number of nitrogens with one attached hydrogen (secondary N) is 1. The number of aryl methyl sites for hydroxylation is 2. The molecule has 1 N–H and O–H groups in total. The molecule has 6 nitrogen and oxygen atoms in total. The van der Waals surface area contributed by atoms with Gasteiger partial charge in [0.15, 0.2) is 0 Å². The monoisotopic (exact) mass is 415 g/mol. The highest BCUT2D eigenvalue weighted by Gasteiger charge is 2.26. The van der Waals surface area contributed by atoms with Crippen LogP contribution in [0.1, 0.15) is 57.5 Å². The number of amides is 1. The van der Waals surface area contributed by atoms with Gasteiger partial charge in [0, 0.05) is 42.8 Å². The maximum absolute atomic E-state index is 12.9. The Morgan fingerprint density at radius 3 is 2.58 bits per heavy atom. The van der Waals surface area contributed by atoms with E-state index in [1.165, 1.54) is 0 Å². The number of likely N-dealkylation sites (tertiary alicyclic amines) is 1. The lowest BCUT2D eigenvalue weighted by Crippen LogP contribution is -2.34. The Balaban J connectivity index is 1.41. The fraction of sp³-hybridized carbons (Fsp3) is 0.360. The van der Waals surface area contributed by atoms with Crippen LogP contribution in [0.4, 0.5) is 0 Å². The summed E-state index contributed by atoms with van der Waals surface area (Å²) in [7, 11) is 0. The normalized spacial score (nSPS) is 15.0. The maximum Gasteiger partial charge on any atom is 0.253 e. The summed E-state index contributed by atoms with van der Waals surface area (Å²) in [4.78, 5) is 28.9. The number of carbonyl (C=O) groups excluding carboxylic acids is 1. The average Bonchev–Trinajstić information content (AvgIpc) is 2.79. The summed E-state index contributed by atoms with van der Waals surface area (Å²) in [6.45, 7) is 7.30. The van der Waals surface area contributed by atoms with Crippen molar-refractivity contribution in [2.45, 2.75) is 45.7 Å². The van der Waals surface area contributed by atoms with Gasteiger partial charge in [0.2, 0.25) is 0 Å². The zero-order valence-corrected chi connectivity index (χ0v) is 18.2. The van der Waals surface area contributed by atoms with E-state index in [0.717, 1.165) is 60.8 Å². The van der Waals surface area contributed by atoms with Gasteiger partial charge in [-0.15, -0.1) is 0 Å². The lowest BCUT2D eigenvalue weighted by Gasteiger charge is -2.32. The van der Waals surface area contributed by atoms with Gasteiger partial charge in [0.1, 0.15) is 0 Å². The van der Waals surface area contributed by atoms with Crippen LogP contribution in [0.3, 0.4) is 0 Å². The molecule has 4 heterocycles. The van der Waals surface area contributed by atoms with Crippen molar-refractivity contribution in [1.82, 2.24) is 25.2 Å². The smallest absolute Gasteiger partial charge is 0.253 e. The SMILES string of the molecule is Cc1cccc(CN2CCC(c3nc(C)ccc3C(=O)NCc3cccnc3)CC2)n1. The Bertz CT molecular complexity index is 1030. The van der Waals surface area contributed by atoms with E-state index in [9.17, 15) is 4.79 Å². The summed E-state index contributed by atoms with van der Waals surface area (Å²) in [6, 6.07) is 13.9. The number of rotatable bonds is 6. The zero-order chi connectivity index (χ0) is 21.6. The van der Waals surface area contributed by atoms with Crippen LogP contribution in [0.25, 0.3) is 0 Å². The first kappa shape index (κ1) is 21.1. The van der Waals surface area contributed by atoms with E-state index in [-0.39, 0.29) is 5.91 Å². The van der Waals surface area contributed by atoms with Gasteiger partial charge in [0.05, 0.1) is 17.0 Å². The third-order valence-electron chi connectivity index (χ3n) is 5.79. The van der Waals surface area contributed by atoms with Gasteiger partial charge in [-0.2, -0.15) is 0 Å². The van der Waals surface area contributed by atoms with Gasteiger partial charge < -0.3 is 5.32 Å². The maximum atomic E-state index is 12.9. The van der Waals surface area contributed by atoms with E-state index < -0.39 is 0 Å². The van der Waals surface area contributed by atoms with Crippen LogP contribution in [0.2, 0.25) is 0 Å². The summed E-state index contributed by atoms with van der Waals surface area (Å²) in [5.74, 6) is 0.221. The molecule has 0 radical (unpaired) electrons. The molecule has 0 atom stereocenters. The van der Waals surface area contributed by atoms with Crippen molar-refractivity contribution >= 4 is 5.91 Å². The van der Waals surface area contributed by atoms with E-state index in [1.54, 1.807) is 12.4 Å². The average molecular weight is 416 g/mol. The minimum absolute atomic E-state index is 0.0715. The van der Waals surface area contributed by atoms with Gasteiger partial charge in [0.25, 0.3) is 5.91 Å². The standard InChI is InChI=1S/C25H29N5O/c1-18-5-3-7-22(28-18)17-30-13-10-21(11-14-30)24-23(9-8-19(2)29-24)25(31)27-16-20-6-4-12-26-15-20/h3-9,12,15,21H,10-11,13-14,16-17H2,1-2H3,(H,27,31). The number of piperidine rings is 1. The third-order valence-corrected chi connectivity index (χ3v) is 5.79. The molecule has 1 aliphatic rings. The molecule has 0 aliphatic carbocycles. The molecule has 3 aromatic rings. The van der Waals surface area contributed by atoms with Crippen molar-refractivity contribution in [3.63, 3.8) is 0 Å². The molecular weight excluding hydrogens is 386 g/mol. The van der Waals surface area contributed by atoms with Gasteiger partial charge in [-0.05, 0) is 75.7 Å². The Kier molecular flexibility index (Phi) is 6.67. The number of carbonyl (C=O) groups is 1. The summed E-state index contributed by atoms with van der Waals surface area (Å²) >= 11 is 0. The largest absolute Gasteiger partial charge is 0.348 e. The van der Waals surface area contributed by atoms with Crippen molar-refractivity contribution in [2.24, 2.45) is 0 Å². The van der Waals surface area contributed by atoms with Crippen LogP contribution in [0, 0.1) is 13.8 Å². The summed E-state index contributed by atoms with van der Waals surface area (Å²) in [5, 5.41) is 3.02. The number of hydrogen-bond donors (Lipinski definition) is 1. The second kappa shape index (κ2) is 9.79. The van der Waals surface area contributed by atoms with Crippen LogP contribution in [-0.2, 0) is 13.1 Å². The molecule has 1 aliphatic heterocycles. The highest BCUT2D eigenvalue weighted by molar-refractivity contribution is 5.95. The van der Waals surface area contributed by atoms with Crippen LogP contribution in [-0.4, -0.2) is 38.8 Å². The molecule has 3 aromatic heterocycles. The van der Waals surface area contributed by atoms with E-state index >= 15 is 0 Å². The Labute approximate surface area is 183 Å². The molecule has 1 fully saturated rings. The fourth-order valence-corrected chi connectivity index (χ4v) is 4.14. The first-order valence-electron chi connectivity index (χ1n) is 10.9. The van der Waals surface area contributed by atoms with Crippen molar-refractivity contribution < 1.29 is 4.79 Å². The molecule has 31 heavy (non-hydrogen) atoms. The van der Waals surface area contributed by atoms with Gasteiger partial charge in [-0.3, -0.25) is 24.6 Å². The van der Waals surface area contributed by atoms with E-state index in [1.807, 2.05) is 44.2 Å². The molecule has 0 unspecified atom stereocenters. The molecule has 0 aromatic carbocycles. The minimum atomic E-state index is -0.0715. The van der Waals surface area contributed by atoms with E-state index in [2.05, 4.69) is 32.3 Å². The first-order valence-corrected chi connectivity index (χ1v) is 10.9. The van der Waals surface area contributed by atoms with Crippen molar-refractivity contribution in [2.75, 3.05) is 13.1 Å². The third kappa shape index (κ3) is 5.52. The van der Waals surface area contributed by atoms with Crippen LogP contribution in [0.5, 0.6) is 0 Å². The molecule has 0 bridgehead atoms. The van der Waals surface area contributed by atoms with Gasteiger partial charge >= 0.3 is 0 Å². The number of aromatic nitrogens is 3. The predicted octanol–water partition coefficient (Wildman–Crippen LogP) is 3.80. The Morgan fingerprint density at radius 2 is 1.84 bits per heavy atom. The quantitative estimate of drug-likeness (QED) is 0.663. The lowest BCUT2D eigenvalue weighted by atomic mass is 9.89. The number of nitrogens with zero attached hydrogens (tertiary/aromatic N) is 4. The van der Waals surface area contributed by atoms with Crippen LogP contribution in [0.15, 0.2) is 54.9 Å². The highest BCUT2D eigenvalue weighted by Crippen LogP contribution is 2.30. The van der Waals surface area contributed by atoms with Crippen molar-refractivity contribution in [1.29, 1.82) is 0 Å². The highest BCUT2D eigenvalue weighted by atomic mass is 16.1. The minimum Gasteiger partial charge on any atom is -0.348 e. The summed E-state index contributed by atoms with van der Waals surface area (Å²) < 4.78 is 0. The van der Waals surface area contributed by atoms with Crippen LogP contribution < -0.4 is 5.32 Å². The zero-order valence-electron chi connectivity index (χ0n) is 18.2. The summed E-state index contributed by atoms with van der Waals surface area (Å²) in [6.07, 6.45) is 5.48. The molecule has 4 rings (SSSR count). The lowest BCUT2D eigenvalue weighted by molar-refractivity contribution is 0.0948. The Hall–Kier alpha value is -3.12. The number of hydrogen-bond acceptors (Lipinski definition) is 5. The summed E-state index contributed by atoms with van der Waals surface area (Å²) in [5.41, 5.74) is 5.71. The van der Waals surface area contributed by atoms with Gasteiger partial charge in [-0.25, -0.2) is 0 Å². The molecule has 1 saturated heterocycles. The second-order valence-corrected chi connectivity index (χ2v) is 8.25. The van der Waals surface area contributed by atoms with Crippen molar-refractivity contribution in [3.8, 4) is 0 Å². The topological polar surface area (TPSA) is 71.0 Å². The second-order valence-electron chi connectivity index (χ2n) is 8.25. The molecule has 6 heteroatoms. The first-order chi connectivity index (χ1) is 15.1. The predicted molar refractivity (Wildman–Crippen MR) is 121 cm³/mol. The van der Waals surface area contributed by atoms with Gasteiger partial charge in [-0.1, -0.05) is 12.1 Å². The fourth-order valence-electron chi connectivity index (χ4n) is 4.14. The number of pyridine rings is 3. The van der Waals surface area contributed by atoms with Crippen LogP contribution >= 0.6 is 0 Å². The molecular formula is C25H29N5O.